The van der Waals surface area contributed by atoms with Crippen molar-refractivity contribution in [3.8, 4) is 0 Å². The molecule has 5 nitrogen and oxygen atoms in total. The minimum absolute atomic E-state index is 0.0236. The van der Waals surface area contributed by atoms with Gasteiger partial charge in [-0.3, -0.25) is 9.69 Å². The molecule has 5 rings (SSSR count). The van der Waals surface area contributed by atoms with Crippen molar-refractivity contribution in [2.24, 2.45) is 5.92 Å². The lowest BCUT2D eigenvalue weighted by atomic mass is 9.98. The average molecular weight is 405 g/mol. The molecule has 2 aromatic heterocycles. The summed E-state index contributed by atoms with van der Waals surface area (Å²) in [5.41, 5.74) is 2.72. The Morgan fingerprint density at radius 3 is 2.97 bits per heavy atom. The predicted octanol–water partition coefficient (Wildman–Crippen LogP) is 4.42. The van der Waals surface area contributed by atoms with E-state index in [9.17, 15) is 4.79 Å². The second kappa shape index (κ2) is 7.97. The van der Waals surface area contributed by atoms with Crippen molar-refractivity contribution in [1.82, 2.24) is 20.2 Å². The van der Waals surface area contributed by atoms with Crippen LogP contribution in [0.25, 0.3) is 21.1 Å². The van der Waals surface area contributed by atoms with Crippen LogP contribution in [0.15, 0.2) is 54.6 Å². The molecule has 0 spiro atoms. The average Bonchev–Trinajstić information content (AvgIpc) is 3.35. The van der Waals surface area contributed by atoms with Crippen molar-refractivity contribution < 1.29 is 4.79 Å². The summed E-state index contributed by atoms with van der Waals surface area (Å²) in [5, 5.41) is 5.37. The third kappa shape index (κ3) is 4.04. The van der Waals surface area contributed by atoms with Crippen molar-refractivity contribution in [1.29, 1.82) is 0 Å². The number of amides is 1. The van der Waals surface area contributed by atoms with Gasteiger partial charge in [0.1, 0.15) is 10.7 Å². The minimum Gasteiger partial charge on any atom is -0.351 e. The Morgan fingerprint density at radius 1 is 1.21 bits per heavy atom. The molecule has 1 fully saturated rings. The Morgan fingerprint density at radius 2 is 2.07 bits per heavy atom. The van der Waals surface area contributed by atoms with E-state index in [0.29, 0.717) is 18.2 Å². The third-order valence-corrected chi connectivity index (χ3v) is 6.65. The van der Waals surface area contributed by atoms with Crippen LogP contribution in [0, 0.1) is 5.92 Å². The van der Waals surface area contributed by atoms with E-state index < -0.39 is 0 Å². The second-order valence-corrected chi connectivity index (χ2v) is 8.91. The molecule has 148 valence electrons. The van der Waals surface area contributed by atoms with Crippen LogP contribution < -0.4 is 5.32 Å². The predicted molar refractivity (Wildman–Crippen MR) is 118 cm³/mol. The Kier molecular flexibility index (Phi) is 5.04. The third-order valence-electron chi connectivity index (χ3n) is 5.63. The van der Waals surface area contributed by atoms with Crippen LogP contribution in [0.1, 0.15) is 28.3 Å². The zero-order valence-electron chi connectivity index (χ0n) is 16.2. The molecule has 4 aromatic rings. The van der Waals surface area contributed by atoms with Gasteiger partial charge in [0.2, 0.25) is 0 Å². The summed E-state index contributed by atoms with van der Waals surface area (Å²) in [6.07, 6.45) is 2.32. The number of aromatic nitrogens is 2. The van der Waals surface area contributed by atoms with Gasteiger partial charge in [0.05, 0.1) is 16.8 Å². The highest BCUT2D eigenvalue weighted by Crippen LogP contribution is 2.25. The van der Waals surface area contributed by atoms with Gasteiger partial charge in [-0.15, -0.1) is 11.3 Å². The zero-order chi connectivity index (χ0) is 19.6. The van der Waals surface area contributed by atoms with Crippen LogP contribution in [0.4, 0.5) is 0 Å². The molecule has 1 amide bonds. The largest absolute Gasteiger partial charge is 0.351 e. The van der Waals surface area contributed by atoms with E-state index in [4.69, 9.17) is 4.98 Å². The van der Waals surface area contributed by atoms with Crippen molar-refractivity contribution >= 4 is 38.4 Å². The molecule has 0 aliphatic carbocycles. The number of hydrogen-bond donors (Lipinski definition) is 2. The molecule has 2 N–H and O–H groups in total. The molecular weight excluding hydrogens is 380 g/mol. The van der Waals surface area contributed by atoms with E-state index in [-0.39, 0.29) is 5.91 Å². The lowest BCUT2D eigenvalue weighted by Crippen LogP contribution is -2.40. The van der Waals surface area contributed by atoms with Crippen LogP contribution in [0.2, 0.25) is 0 Å². The first-order chi connectivity index (χ1) is 14.2. The van der Waals surface area contributed by atoms with Gasteiger partial charge in [-0.25, -0.2) is 4.98 Å². The number of nitrogens with zero attached hydrogens (tertiary/aromatic N) is 2. The van der Waals surface area contributed by atoms with Gasteiger partial charge in [0, 0.05) is 24.0 Å². The summed E-state index contributed by atoms with van der Waals surface area (Å²) in [5.74, 6) is 0.455. The number of carbonyl (C=O) groups is 1. The van der Waals surface area contributed by atoms with E-state index in [1.807, 2.05) is 36.4 Å². The summed E-state index contributed by atoms with van der Waals surface area (Å²) in [6.45, 7) is 3.71. The van der Waals surface area contributed by atoms with Gasteiger partial charge >= 0.3 is 0 Å². The van der Waals surface area contributed by atoms with Gasteiger partial charge in [-0.05, 0) is 49.6 Å². The molecule has 2 aromatic carbocycles. The smallest absolute Gasteiger partial charge is 0.267 e. The maximum Gasteiger partial charge on any atom is 0.267 e. The maximum absolute atomic E-state index is 12.6. The van der Waals surface area contributed by atoms with Crippen molar-refractivity contribution in [2.75, 3.05) is 19.6 Å². The summed E-state index contributed by atoms with van der Waals surface area (Å²) in [7, 11) is 0. The first kappa shape index (κ1) is 18.3. The van der Waals surface area contributed by atoms with Gasteiger partial charge in [0.25, 0.3) is 5.91 Å². The highest BCUT2D eigenvalue weighted by molar-refractivity contribution is 7.18. The number of aromatic amines is 1. The molecule has 1 atom stereocenters. The number of fused-ring (bicyclic) bond motifs is 2. The van der Waals surface area contributed by atoms with Gasteiger partial charge in [-0.1, -0.05) is 30.3 Å². The van der Waals surface area contributed by atoms with Gasteiger partial charge in [0.15, 0.2) is 0 Å². The van der Waals surface area contributed by atoms with Crippen LogP contribution in [0.3, 0.4) is 0 Å². The maximum atomic E-state index is 12.6. The lowest BCUT2D eigenvalue weighted by molar-refractivity contribution is 0.0926. The minimum atomic E-state index is -0.0236. The molecule has 0 radical (unpaired) electrons. The summed E-state index contributed by atoms with van der Waals surface area (Å²) in [4.78, 5) is 23.0. The fourth-order valence-electron chi connectivity index (χ4n) is 4.17. The van der Waals surface area contributed by atoms with Crippen molar-refractivity contribution in [2.45, 2.75) is 19.4 Å². The van der Waals surface area contributed by atoms with Crippen LogP contribution in [-0.2, 0) is 6.54 Å². The molecule has 3 heterocycles. The topological polar surface area (TPSA) is 61.0 Å². The summed E-state index contributed by atoms with van der Waals surface area (Å²) >= 11 is 1.78. The Bertz CT molecular complexity index is 1080. The summed E-state index contributed by atoms with van der Waals surface area (Å²) < 4.78 is 1.25. The zero-order valence-corrected chi connectivity index (χ0v) is 17.0. The number of benzene rings is 2. The van der Waals surface area contributed by atoms with E-state index >= 15 is 0 Å². The van der Waals surface area contributed by atoms with Gasteiger partial charge < -0.3 is 10.3 Å². The SMILES string of the molecule is O=C(NCC1CCCN(Cc2nc3ccccc3s2)C1)c1cc2ccccc2[nH]1. The fraction of sp³-hybridized carbons (Fsp3) is 0.304. The monoisotopic (exact) mass is 404 g/mol. The van der Waals surface area contributed by atoms with Crippen molar-refractivity contribution in [3.63, 3.8) is 0 Å². The number of hydrogen-bond acceptors (Lipinski definition) is 4. The number of piperidine rings is 1. The number of likely N-dealkylation sites (tertiary alicyclic amines) is 1. The van der Waals surface area contributed by atoms with E-state index in [0.717, 1.165) is 48.9 Å². The standard InChI is InChI=1S/C23H24N4OS/c28-23(20-12-17-7-1-2-8-18(17)25-20)24-13-16-6-5-11-27(14-16)15-22-26-19-9-3-4-10-21(19)29-22/h1-4,7-10,12,16,25H,5-6,11,13-15H2,(H,24,28). The van der Waals surface area contributed by atoms with Crippen molar-refractivity contribution in [3.05, 3.63) is 65.3 Å². The molecular formula is C23H24N4OS. The van der Waals surface area contributed by atoms with E-state index in [1.54, 1.807) is 11.3 Å². The molecule has 1 aliphatic heterocycles. The Balaban J connectivity index is 1.18. The normalized spacial score (nSPS) is 17.7. The molecule has 1 aliphatic rings. The van der Waals surface area contributed by atoms with Crippen LogP contribution >= 0.6 is 11.3 Å². The second-order valence-electron chi connectivity index (χ2n) is 7.80. The Hall–Kier alpha value is -2.70. The molecule has 29 heavy (non-hydrogen) atoms. The number of thiazole rings is 1. The van der Waals surface area contributed by atoms with Crippen LogP contribution in [-0.4, -0.2) is 40.4 Å². The Labute approximate surface area is 173 Å². The molecule has 1 unspecified atom stereocenters. The van der Waals surface area contributed by atoms with E-state index in [1.165, 1.54) is 9.71 Å². The highest BCUT2D eigenvalue weighted by Gasteiger charge is 2.22. The number of para-hydroxylation sites is 2. The van der Waals surface area contributed by atoms with Crippen LogP contribution in [0.5, 0.6) is 0 Å². The molecule has 0 bridgehead atoms. The summed E-state index contributed by atoms with van der Waals surface area (Å²) in [6, 6.07) is 18.2. The quantitative estimate of drug-likeness (QED) is 0.518. The number of H-pyrrole nitrogens is 1. The number of nitrogens with one attached hydrogen (secondary N) is 2. The molecule has 6 heteroatoms. The number of rotatable bonds is 5. The van der Waals surface area contributed by atoms with E-state index in [2.05, 4.69) is 33.4 Å². The highest BCUT2D eigenvalue weighted by atomic mass is 32.1. The first-order valence-corrected chi connectivity index (χ1v) is 11.0. The molecule has 0 saturated carbocycles. The number of carbonyl (C=O) groups excluding carboxylic acids is 1. The molecule has 1 saturated heterocycles. The fourth-order valence-corrected chi connectivity index (χ4v) is 5.18. The lowest BCUT2D eigenvalue weighted by Gasteiger charge is -2.32. The first-order valence-electron chi connectivity index (χ1n) is 10.2. The van der Waals surface area contributed by atoms with Gasteiger partial charge in [-0.2, -0.15) is 0 Å².